The first kappa shape index (κ1) is 24.4. The van der Waals surface area contributed by atoms with Crippen LogP contribution < -0.4 is 4.74 Å². The minimum absolute atomic E-state index is 0.0000708. The van der Waals surface area contributed by atoms with Gasteiger partial charge in [0.15, 0.2) is 0 Å². The number of rotatable bonds is 7. The molecule has 34 heavy (non-hydrogen) atoms. The molecule has 2 aliphatic rings. The van der Waals surface area contributed by atoms with E-state index < -0.39 is 0 Å². The quantitative estimate of drug-likeness (QED) is 0.663. The Morgan fingerprint density at radius 2 is 2.18 bits per heavy atom. The molecule has 2 aromatic rings. The smallest absolute Gasteiger partial charge is 0.259 e. The van der Waals surface area contributed by atoms with Crippen molar-refractivity contribution in [1.29, 1.82) is 0 Å². The summed E-state index contributed by atoms with van der Waals surface area (Å²) < 4.78 is 20.0. The van der Waals surface area contributed by atoms with Gasteiger partial charge in [-0.15, -0.1) is 0 Å². The highest BCUT2D eigenvalue weighted by molar-refractivity contribution is 5.97. The number of fused-ring (bicyclic) bond motifs is 1. The van der Waals surface area contributed by atoms with Crippen molar-refractivity contribution in [3.05, 3.63) is 65.1 Å². The third-order valence-corrected chi connectivity index (χ3v) is 6.77. The van der Waals surface area contributed by atoms with Gasteiger partial charge in [-0.3, -0.25) is 9.69 Å². The normalized spacial score (nSPS) is 21.5. The number of carbonyl (C=O) groups excluding carboxylic acids is 1. The minimum atomic E-state index is -0.319. The average Bonchev–Trinajstić information content (AvgIpc) is 3.35. The van der Waals surface area contributed by atoms with Gasteiger partial charge in [-0.05, 0) is 68.1 Å². The molecule has 0 radical (unpaired) electrons. The zero-order valence-electron chi connectivity index (χ0n) is 20.2. The second kappa shape index (κ2) is 10.7. The summed E-state index contributed by atoms with van der Waals surface area (Å²) in [6, 6.07) is 8.17. The van der Waals surface area contributed by atoms with Crippen LogP contribution in [0.1, 0.15) is 54.6 Å². The Morgan fingerprint density at radius 1 is 1.35 bits per heavy atom. The largest absolute Gasteiger partial charge is 0.472 e. The third-order valence-electron chi connectivity index (χ3n) is 6.77. The fourth-order valence-corrected chi connectivity index (χ4v) is 4.75. The van der Waals surface area contributed by atoms with Crippen LogP contribution in [0, 0.1) is 11.7 Å². The molecule has 1 N–H and O–H groups in total. The van der Waals surface area contributed by atoms with Crippen LogP contribution in [-0.2, 0) is 6.54 Å². The SMILES string of the molecule is C[C@@H]1CN([C@@H](C)CO)C(=O)c2cc(C3=CCCC3)cnc2O[C@H]1CN(C)Cc1cccc(F)c1. The zero-order valence-corrected chi connectivity index (χ0v) is 20.2. The van der Waals surface area contributed by atoms with E-state index in [0.717, 1.165) is 30.4 Å². The Labute approximate surface area is 201 Å². The van der Waals surface area contributed by atoms with Crippen molar-refractivity contribution in [3.8, 4) is 5.88 Å². The van der Waals surface area contributed by atoms with Gasteiger partial charge in [-0.1, -0.05) is 25.1 Å². The molecule has 1 aliphatic carbocycles. The molecule has 182 valence electrons. The molecular formula is C27H34FN3O3. The van der Waals surface area contributed by atoms with Crippen LogP contribution in [0.25, 0.3) is 5.57 Å². The lowest BCUT2D eigenvalue weighted by molar-refractivity contribution is 0.0325. The van der Waals surface area contributed by atoms with E-state index in [1.165, 1.54) is 11.6 Å². The Morgan fingerprint density at radius 3 is 2.88 bits per heavy atom. The van der Waals surface area contributed by atoms with Gasteiger partial charge in [0, 0.05) is 31.7 Å². The van der Waals surface area contributed by atoms with E-state index in [0.29, 0.717) is 31.1 Å². The van der Waals surface area contributed by atoms with E-state index in [1.807, 2.05) is 33.0 Å². The number of halogens is 1. The number of nitrogens with zero attached hydrogens (tertiary/aromatic N) is 3. The van der Waals surface area contributed by atoms with E-state index in [1.54, 1.807) is 23.2 Å². The van der Waals surface area contributed by atoms with E-state index in [2.05, 4.69) is 16.0 Å². The Balaban J connectivity index is 1.62. The maximum absolute atomic E-state index is 13.6. The molecule has 0 saturated carbocycles. The van der Waals surface area contributed by atoms with Gasteiger partial charge in [0.2, 0.25) is 5.88 Å². The van der Waals surface area contributed by atoms with Gasteiger partial charge >= 0.3 is 0 Å². The minimum Gasteiger partial charge on any atom is -0.472 e. The molecule has 7 heteroatoms. The van der Waals surface area contributed by atoms with E-state index in [-0.39, 0.29) is 36.4 Å². The molecule has 0 spiro atoms. The maximum Gasteiger partial charge on any atom is 0.259 e. The van der Waals surface area contributed by atoms with E-state index in [9.17, 15) is 14.3 Å². The summed E-state index contributed by atoms with van der Waals surface area (Å²) in [6.07, 6.45) is 6.91. The lowest BCUT2D eigenvalue weighted by atomic mass is 9.99. The fourth-order valence-electron chi connectivity index (χ4n) is 4.75. The zero-order chi connectivity index (χ0) is 24.2. The van der Waals surface area contributed by atoms with Crippen LogP contribution in [0.3, 0.4) is 0 Å². The predicted octanol–water partition coefficient (Wildman–Crippen LogP) is 4.14. The molecular weight excluding hydrogens is 433 g/mol. The van der Waals surface area contributed by atoms with Crippen LogP contribution in [0.15, 0.2) is 42.6 Å². The van der Waals surface area contributed by atoms with Crippen molar-refractivity contribution in [3.63, 3.8) is 0 Å². The number of aliphatic hydroxyl groups excluding tert-OH is 1. The number of aliphatic hydroxyl groups is 1. The van der Waals surface area contributed by atoms with Crippen molar-refractivity contribution < 1.29 is 19.0 Å². The van der Waals surface area contributed by atoms with E-state index in [4.69, 9.17) is 4.74 Å². The highest BCUT2D eigenvalue weighted by Crippen LogP contribution is 2.32. The summed E-state index contributed by atoms with van der Waals surface area (Å²) in [5, 5.41) is 9.84. The molecule has 1 aromatic carbocycles. The Hall–Kier alpha value is -2.77. The van der Waals surface area contributed by atoms with Crippen LogP contribution in [0.5, 0.6) is 5.88 Å². The molecule has 0 unspecified atom stereocenters. The highest BCUT2D eigenvalue weighted by atomic mass is 19.1. The molecule has 1 aliphatic heterocycles. The standard InChI is InChI=1S/C27H34FN3O3/c1-18-14-31(19(2)17-32)27(33)24-12-22(21-8-4-5-9-21)13-29-26(24)34-25(18)16-30(3)15-20-7-6-10-23(28)11-20/h6-8,10-13,18-19,25,32H,4-5,9,14-17H2,1-3H3/t18-,19+,25+/m1/s1. The van der Waals surface area contributed by atoms with Crippen LogP contribution in [-0.4, -0.2) is 64.7 Å². The maximum atomic E-state index is 13.6. The van der Waals surface area contributed by atoms with Gasteiger partial charge < -0.3 is 14.7 Å². The average molecular weight is 468 g/mol. The Kier molecular flexibility index (Phi) is 7.63. The molecule has 0 fully saturated rings. The molecule has 1 amide bonds. The Bertz CT molecular complexity index is 1060. The molecule has 2 heterocycles. The van der Waals surface area contributed by atoms with Crippen molar-refractivity contribution >= 4 is 11.5 Å². The number of pyridine rings is 1. The molecule has 4 rings (SSSR count). The van der Waals surface area contributed by atoms with E-state index >= 15 is 0 Å². The number of ether oxygens (including phenoxy) is 1. The van der Waals surface area contributed by atoms with Gasteiger partial charge in [0.25, 0.3) is 5.91 Å². The summed E-state index contributed by atoms with van der Waals surface area (Å²) in [4.78, 5) is 21.9. The summed E-state index contributed by atoms with van der Waals surface area (Å²) >= 11 is 0. The van der Waals surface area contributed by atoms with Crippen LogP contribution >= 0.6 is 0 Å². The summed E-state index contributed by atoms with van der Waals surface area (Å²) in [5.74, 6) is -0.0823. The summed E-state index contributed by atoms with van der Waals surface area (Å²) in [6.45, 7) is 5.42. The first-order valence-electron chi connectivity index (χ1n) is 12.1. The van der Waals surface area contributed by atoms with Gasteiger partial charge in [-0.2, -0.15) is 0 Å². The molecule has 1 aromatic heterocycles. The number of benzene rings is 1. The summed E-state index contributed by atoms with van der Waals surface area (Å²) in [5.41, 5.74) is 3.50. The van der Waals surface area contributed by atoms with Gasteiger partial charge in [0.05, 0.1) is 12.6 Å². The number of hydrogen-bond acceptors (Lipinski definition) is 5. The number of amides is 1. The topological polar surface area (TPSA) is 65.9 Å². The predicted molar refractivity (Wildman–Crippen MR) is 130 cm³/mol. The third kappa shape index (κ3) is 5.47. The van der Waals surface area contributed by atoms with Crippen molar-refractivity contribution in [2.45, 2.75) is 51.8 Å². The number of carbonyl (C=O) groups is 1. The second-order valence-electron chi connectivity index (χ2n) is 9.65. The monoisotopic (exact) mass is 467 g/mol. The molecule has 3 atom stereocenters. The molecule has 0 bridgehead atoms. The second-order valence-corrected chi connectivity index (χ2v) is 9.65. The number of allylic oxidation sites excluding steroid dienone is 2. The van der Waals surface area contributed by atoms with Crippen molar-refractivity contribution in [1.82, 2.24) is 14.8 Å². The lowest BCUT2D eigenvalue weighted by Gasteiger charge is -2.37. The first-order valence-corrected chi connectivity index (χ1v) is 12.1. The number of aromatic nitrogens is 1. The van der Waals surface area contributed by atoms with Gasteiger partial charge in [-0.25, -0.2) is 9.37 Å². The number of likely N-dealkylation sites (N-methyl/N-ethyl adjacent to an activating group) is 1. The molecule has 0 saturated heterocycles. The first-order chi connectivity index (χ1) is 16.4. The summed E-state index contributed by atoms with van der Waals surface area (Å²) in [7, 11) is 1.98. The fraction of sp³-hybridized carbons (Fsp3) is 0.481. The van der Waals surface area contributed by atoms with Gasteiger partial charge in [0.1, 0.15) is 17.5 Å². The number of hydrogen-bond donors (Lipinski definition) is 1. The molecule has 6 nitrogen and oxygen atoms in total. The van der Waals surface area contributed by atoms with Crippen molar-refractivity contribution in [2.24, 2.45) is 5.92 Å². The lowest BCUT2D eigenvalue weighted by Crippen LogP contribution is -2.49. The van der Waals surface area contributed by atoms with Crippen LogP contribution in [0.2, 0.25) is 0 Å². The van der Waals surface area contributed by atoms with Crippen molar-refractivity contribution in [2.75, 3.05) is 26.7 Å². The van der Waals surface area contributed by atoms with Crippen LogP contribution in [0.4, 0.5) is 4.39 Å². The highest BCUT2D eigenvalue weighted by Gasteiger charge is 2.34.